The molecule has 0 aliphatic rings. The van der Waals surface area contributed by atoms with Crippen LogP contribution in [0.2, 0.25) is 10.0 Å². The molecule has 284 valence electrons. The molecule has 9 nitrogen and oxygen atoms in total. The molecular formula is C43H44Cl2O9. The lowest BCUT2D eigenvalue weighted by Crippen LogP contribution is -2.29. The van der Waals surface area contributed by atoms with Crippen LogP contribution in [0.3, 0.4) is 0 Å². The summed E-state index contributed by atoms with van der Waals surface area (Å²) in [6.45, 7) is 14.0. The summed E-state index contributed by atoms with van der Waals surface area (Å²) >= 11 is 11.4. The van der Waals surface area contributed by atoms with Crippen molar-refractivity contribution in [2.45, 2.75) is 65.1 Å². The summed E-state index contributed by atoms with van der Waals surface area (Å²) in [5, 5.41) is 9.30. The lowest BCUT2D eigenvalue weighted by Gasteiger charge is -2.31. The van der Waals surface area contributed by atoms with E-state index in [9.17, 15) is 14.4 Å². The second kappa shape index (κ2) is 19.9. The van der Waals surface area contributed by atoms with Gasteiger partial charge in [-0.2, -0.15) is 5.26 Å². The van der Waals surface area contributed by atoms with Crippen molar-refractivity contribution in [3.05, 3.63) is 177 Å². The summed E-state index contributed by atoms with van der Waals surface area (Å²) < 4.78 is 0. The predicted octanol–water partition coefficient (Wildman–Crippen LogP) is 11.3. The van der Waals surface area contributed by atoms with Gasteiger partial charge in [-0.25, -0.2) is 33.9 Å². The van der Waals surface area contributed by atoms with Crippen molar-refractivity contribution in [1.29, 1.82) is 0 Å². The zero-order valence-electron chi connectivity index (χ0n) is 31.2. The number of hydrogen-bond acceptors (Lipinski definition) is 9. The molecule has 0 aliphatic heterocycles. The highest BCUT2D eigenvalue weighted by atomic mass is 35.5. The van der Waals surface area contributed by atoms with Crippen molar-refractivity contribution < 1.29 is 44.1 Å². The SMILES string of the molecule is CC(C)(C)c1ccccc1C(=O)OO.CC(C)(OOC(C)(C)c1ccccc1)c1ccccc1.O=C(OOC(=O)c1ccc(Cl)cc1)c1ccc(Cl)cc1. The second-order valence-corrected chi connectivity index (χ2v) is 14.7. The number of rotatable bonds is 8. The molecule has 1 N–H and O–H groups in total. The van der Waals surface area contributed by atoms with Crippen molar-refractivity contribution in [3.63, 3.8) is 0 Å². The fourth-order valence-electron chi connectivity index (χ4n) is 4.69. The van der Waals surface area contributed by atoms with Crippen molar-refractivity contribution >= 4 is 41.1 Å². The highest BCUT2D eigenvalue weighted by Gasteiger charge is 2.29. The van der Waals surface area contributed by atoms with Crippen molar-refractivity contribution in [1.82, 2.24) is 0 Å². The fourth-order valence-corrected chi connectivity index (χ4v) is 4.94. The van der Waals surface area contributed by atoms with Gasteiger partial charge in [0.15, 0.2) is 0 Å². The zero-order chi connectivity index (χ0) is 39.9. The number of benzene rings is 5. The summed E-state index contributed by atoms with van der Waals surface area (Å²) in [7, 11) is 0. The minimum Gasteiger partial charge on any atom is -0.295 e. The summed E-state index contributed by atoms with van der Waals surface area (Å²) in [5.74, 6) is -2.29. The third-order valence-corrected chi connectivity index (χ3v) is 8.29. The Morgan fingerprint density at radius 2 is 0.833 bits per heavy atom. The molecule has 5 aromatic rings. The molecule has 0 saturated carbocycles. The number of halogens is 2. The molecule has 0 heterocycles. The Bertz CT molecular complexity index is 1830. The molecule has 0 spiro atoms. The fraction of sp³-hybridized carbons (Fsp3) is 0.233. The highest BCUT2D eigenvalue weighted by molar-refractivity contribution is 6.31. The lowest BCUT2D eigenvalue weighted by molar-refractivity contribution is -0.410. The molecule has 11 heteroatoms. The van der Waals surface area contributed by atoms with Crippen LogP contribution >= 0.6 is 23.2 Å². The Labute approximate surface area is 326 Å². The van der Waals surface area contributed by atoms with E-state index in [1.165, 1.54) is 48.5 Å². The van der Waals surface area contributed by atoms with E-state index in [1.54, 1.807) is 12.1 Å². The Morgan fingerprint density at radius 3 is 1.19 bits per heavy atom. The Hall–Kier alpha value is -5.03. The van der Waals surface area contributed by atoms with Crippen LogP contribution < -0.4 is 0 Å². The van der Waals surface area contributed by atoms with Crippen LogP contribution in [-0.2, 0) is 41.1 Å². The quantitative estimate of drug-likeness (QED) is 0.121. The van der Waals surface area contributed by atoms with E-state index < -0.39 is 29.1 Å². The molecule has 0 aliphatic carbocycles. The van der Waals surface area contributed by atoms with Gasteiger partial charge in [-0.15, -0.1) is 0 Å². The van der Waals surface area contributed by atoms with Gasteiger partial charge >= 0.3 is 17.9 Å². The summed E-state index contributed by atoms with van der Waals surface area (Å²) in [5.41, 5.74) is 2.75. The largest absolute Gasteiger partial charge is 0.386 e. The normalized spacial score (nSPS) is 11.1. The topological polar surface area (TPSA) is 118 Å². The van der Waals surface area contributed by atoms with E-state index in [0.717, 1.165) is 16.7 Å². The molecule has 0 fully saturated rings. The van der Waals surface area contributed by atoms with Crippen LogP contribution in [0, 0.1) is 0 Å². The highest BCUT2D eigenvalue weighted by Crippen LogP contribution is 2.31. The molecule has 5 aromatic carbocycles. The lowest BCUT2D eigenvalue weighted by atomic mass is 9.84. The maximum atomic E-state index is 11.6. The minimum absolute atomic E-state index is 0.148. The first kappa shape index (κ1) is 43.4. The van der Waals surface area contributed by atoms with Crippen molar-refractivity contribution in [2.75, 3.05) is 0 Å². The summed E-state index contributed by atoms with van der Waals surface area (Å²) in [6, 6.07) is 39.2. The van der Waals surface area contributed by atoms with Crippen LogP contribution in [0.5, 0.6) is 0 Å². The summed E-state index contributed by atoms with van der Waals surface area (Å²) in [6.07, 6.45) is 0. The number of carbonyl (C=O) groups excluding carboxylic acids is 3. The molecule has 0 amide bonds. The van der Waals surface area contributed by atoms with Gasteiger partial charge in [0.05, 0.1) is 16.7 Å². The Balaban J connectivity index is 0.000000222. The molecule has 0 atom stereocenters. The first-order valence-electron chi connectivity index (χ1n) is 16.8. The van der Waals surface area contributed by atoms with Gasteiger partial charge < -0.3 is 0 Å². The van der Waals surface area contributed by atoms with Gasteiger partial charge in [-0.05, 0) is 104 Å². The molecule has 54 heavy (non-hydrogen) atoms. The monoisotopic (exact) mass is 774 g/mol. The van der Waals surface area contributed by atoms with E-state index in [4.69, 9.17) is 38.2 Å². The molecule has 0 unspecified atom stereocenters. The number of carbonyl (C=O) groups is 3. The van der Waals surface area contributed by atoms with E-state index in [1.807, 2.05) is 121 Å². The smallest absolute Gasteiger partial charge is 0.295 e. The zero-order valence-corrected chi connectivity index (χ0v) is 32.7. The third-order valence-electron chi connectivity index (χ3n) is 7.79. The van der Waals surface area contributed by atoms with Gasteiger partial charge in [0, 0.05) is 10.0 Å². The Morgan fingerprint density at radius 1 is 0.481 bits per heavy atom. The van der Waals surface area contributed by atoms with Gasteiger partial charge in [0.2, 0.25) is 0 Å². The molecule has 0 radical (unpaired) electrons. The van der Waals surface area contributed by atoms with Gasteiger partial charge in [-0.1, -0.05) is 123 Å². The molecule has 0 bridgehead atoms. The first-order valence-corrected chi connectivity index (χ1v) is 17.6. The van der Waals surface area contributed by atoms with Crippen LogP contribution in [0.25, 0.3) is 0 Å². The van der Waals surface area contributed by atoms with Crippen molar-refractivity contribution in [3.8, 4) is 0 Å². The average Bonchev–Trinajstić information content (AvgIpc) is 3.17. The molecule has 5 rings (SSSR count). The maximum Gasteiger partial charge on any atom is 0.386 e. The Kier molecular flexibility index (Phi) is 16.0. The number of hydrogen-bond donors (Lipinski definition) is 1. The van der Waals surface area contributed by atoms with E-state index in [0.29, 0.717) is 15.6 Å². The van der Waals surface area contributed by atoms with Crippen LogP contribution in [0.15, 0.2) is 133 Å². The summed E-state index contributed by atoms with van der Waals surface area (Å²) in [4.78, 5) is 58.5. The minimum atomic E-state index is -0.788. The van der Waals surface area contributed by atoms with E-state index in [2.05, 4.69) is 14.7 Å². The van der Waals surface area contributed by atoms with Gasteiger partial charge in [-0.3, -0.25) is 4.89 Å². The molecular weight excluding hydrogens is 731 g/mol. The van der Waals surface area contributed by atoms with E-state index in [-0.39, 0.29) is 16.5 Å². The molecule has 0 saturated heterocycles. The standard InChI is InChI=1S/C18H22O2.C14H8Cl2O4.C11H14O3/c1-17(2,15-11-7-5-8-12-15)19-20-18(3,4)16-13-9-6-10-14-16;15-11-5-1-9(2-6-11)13(17)19-20-14(18)10-3-7-12(16)8-4-10;1-11(2,3)9-7-5-4-6-8(9)10(12)14-13/h5-14H,1-4H3;1-8H;4-7,13H,1-3H3. The maximum absolute atomic E-state index is 11.6. The molecule has 0 aromatic heterocycles. The van der Waals surface area contributed by atoms with Crippen LogP contribution in [0.4, 0.5) is 0 Å². The third kappa shape index (κ3) is 13.4. The predicted molar refractivity (Wildman–Crippen MR) is 208 cm³/mol. The van der Waals surface area contributed by atoms with Gasteiger partial charge in [0.1, 0.15) is 11.2 Å². The van der Waals surface area contributed by atoms with Crippen LogP contribution in [-0.4, -0.2) is 23.2 Å². The first-order chi connectivity index (χ1) is 25.4. The second-order valence-electron chi connectivity index (χ2n) is 13.8. The average molecular weight is 776 g/mol. The van der Waals surface area contributed by atoms with Crippen LogP contribution in [0.1, 0.15) is 96.2 Å². The van der Waals surface area contributed by atoms with E-state index >= 15 is 0 Å². The van der Waals surface area contributed by atoms with Gasteiger partial charge in [0.25, 0.3) is 0 Å². The van der Waals surface area contributed by atoms with Crippen molar-refractivity contribution in [2.24, 2.45) is 0 Å².